The van der Waals surface area contributed by atoms with Gasteiger partial charge in [-0.1, -0.05) is 30.3 Å². The van der Waals surface area contributed by atoms with Gasteiger partial charge in [0.05, 0.1) is 7.11 Å². The van der Waals surface area contributed by atoms with Crippen molar-refractivity contribution in [2.45, 2.75) is 18.6 Å². The van der Waals surface area contributed by atoms with Crippen molar-refractivity contribution in [2.75, 3.05) is 13.7 Å². The van der Waals surface area contributed by atoms with Crippen LogP contribution >= 0.6 is 0 Å². The van der Waals surface area contributed by atoms with Crippen LogP contribution in [0.15, 0.2) is 30.3 Å². The first-order valence-electron chi connectivity index (χ1n) is 5.34. The lowest BCUT2D eigenvalue weighted by Gasteiger charge is -2.19. The molecule has 2 atom stereocenters. The Kier molecular flexibility index (Phi) is 3.41. The first-order valence-corrected chi connectivity index (χ1v) is 5.34. The zero-order valence-corrected chi connectivity index (χ0v) is 9.18. The van der Waals surface area contributed by atoms with E-state index in [2.05, 4.69) is 10.1 Å². The summed E-state index contributed by atoms with van der Waals surface area (Å²) in [5.41, 5.74) is 1.18. The van der Waals surface area contributed by atoms with Gasteiger partial charge < -0.3 is 9.47 Å². The molecule has 1 aromatic carbocycles. The summed E-state index contributed by atoms with van der Waals surface area (Å²) in [6.45, 7) is 0.848. The summed E-state index contributed by atoms with van der Waals surface area (Å²) >= 11 is 0. The average molecular weight is 221 g/mol. The minimum atomic E-state index is -0.639. The maximum absolute atomic E-state index is 11.1. The molecule has 0 bridgehead atoms. The van der Waals surface area contributed by atoms with Gasteiger partial charge in [-0.3, -0.25) is 5.32 Å². The molecule has 0 radical (unpaired) electrons. The van der Waals surface area contributed by atoms with Crippen molar-refractivity contribution < 1.29 is 14.3 Å². The summed E-state index contributed by atoms with van der Waals surface area (Å²) < 4.78 is 9.65. The number of carbonyl (C=O) groups is 1. The number of nitrogens with one attached hydrogen (secondary N) is 1. The highest BCUT2D eigenvalue weighted by Crippen LogP contribution is 2.28. The van der Waals surface area contributed by atoms with Crippen molar-refractivity contribution >= 4 is 6.16 Å². The van der Waals surface area contributed by atoms with Crippen LogP contribution < -0.4 is 5.32 Å². The van der Waals surface area contributed by atoms with E-state index >= 15 is 0 Å². The summed E-state index contributed by atoms with van der Waals surface area (Å²) in [6.07, 6.45) is 0.0428. The molecule has 0 saturated carbocycles. The zero-order chi connectivity index (χ0) is 11.4. The van der Waals surface area contributed by atoms with Gasteiger partial charge in [-0.2, -0.15) is 0 Å². The van der Waals surface area contributed by atoms with Crippen molar-refractivity contribution in [1.82, 2.24) is 5.32 Å². The lowest BCUT2D eigenvalue weighted by atomic mass is 9.97. The normalized spacial score (nSPS) is 24.1. The maximum Gasteiger partial charge on any atom is 0.509 e. The van der Waals surface area contributed by atoms with Crippen LogP contribution in [-0.4, -0.2) is 26.0 Å². The molecular formula is C12H15NO3. The number of hydrogen-bond donors (Lipinski definition) is 1. The summed E-state index contributed by atoms with van der Waals surface area (Å²) in [7, 11) is 1.31. The van der Waals surface area contributed by atoms with E-state index in [-0.39, 0.29) is 12.1 Å². The molecule has 0 aromatic heterocycles. The standard InChI is InChI=1S/C12H15NO3/c1-15-12(14)16-11-10(7-8-13-11)9-5-3-2-4-6-9/h2-6,10-11,13H,7-8H2,1H3/t10-,11+/m1/s1. The minimum Gasteiger partial charge on any atom is -0.438 e. The lowest BCUT2D eigenvalue weighted by molar-refractivity contribution is 0.0250. The Balaban J connectivity index is 2.06. The van der Waals surface area contributed by atoms with Crippen molar-refractivity contribution in [3.8, 4) is 0 Å². The van der Waals surface area contributed by atoms with Crippen LogP contribution in [0.3, 0.4) is 0 Å². The molecule has 2 rings (SSSR count). The number of ether oxygens (including phenoxy) is 2. The largest absolute Gasteiger partial charge is 0.509 e. The molecule has 1 aliphatic rings. The van der Waals surface area contributed by atoms with Crippen LogP contribution in [0.5, 0.6) is 0 Å². The Bertz CT molecular complexity index is 353. The highest BCUT2D eigenvalue weighted by Gasteiger charge is 2.31. The fourth-order valence-corrected chi connectivity index (χ4v) is 1.99. The van der Waals surface area contributed by atoms with E-state index in [0.29, 0.717) is 0 Å². The van der Waals surface area contributed by atoms with Gasteiger partial charge >= 0.3 is 6.16 Å². The maximum atomic E-state index is 11.1. The molecule has 16 heavy (non-hydrogen) atoms. The number of carbonyl (C=O) groups excluding carboxylic acids is 1. The Morgan fingerprint density at radius 1 is 1.38 bits per heavy atom. The zero-order valence-electron chi connectivity index (χ0n) is 9.18. The Morgan fingerprint density at radius 3 is 2.81 bits per heavy atom. The van der Waals surface area contributed by atoms with E-state index in [1.807, 2.05) is 30.3 Å². The number of methoxy groups -OCH3 is 1. The first-order chi connectivity index (χ1) is 7.81. The fourth-order valence-electron chi connectivity index (χ4n) is 1.99. The molecular weight excluding hydrogens is 206 g/mol. The van der Waals surface area contributed by atoms with E-state index in [9.17, 15) is 4.79 Å². The van der Waals surface area contributed by atoms with Crippen molar-refractivity contribution in [1.29, 1.82) is 0 Å². The summed E-state index contributed by atoms with van der Waals surface area (Å²) in [5.74, 6) is 0.209. The predicted molar refractivity (Wildman–Crippen MR) is 59.1 cm³/mol. The SMILES string of the molecule is COC(=O)O[C@@H]1NCC[C@@H]1c1ccccc1. The summed E-state index contributed by atoms with van der Waals surface area (Å²) in [4.78, 5) is 11.1. The molecule has 4 heteroatoms. The van der Waals surface area contributed by atoms with Gasteiger partial charge in [-0.05, 0) is 18.5 Å². The number of rotatable bonds is 2. The third-order valence-corrected chi connectivity index (χ3v) is 2.78. The van der Waals surface area contributed by atoms with E-state index in [0.717, 1.165) is 13.0 Å². The van der Waals surface area contributed by atoms with Gasteiger partial charge in [-0.15, -0.1) is 0 Å². The van der Waals surface area contributed by atoms with Gasteiger partial charge in [0, 0.05) is 5.92 Å². The molecule has 4 nitrogen and oxygen atoms in total. The molecule has 0 spiro atoms. The van der Waals surface area contributed by atoms with Crippen LogP contribution in [0.1, 0.15) is 17.9 Å². The molecule has 0 unspecified atom stereocenters. The van der Waals surface area contributed by atoms with Crippen LogP contribution in [0.4, 0.5) is 4.79 Å². The molecule has 1 N–H and O–H groups in total. The second-order valence-electron chi connectivity index (χ2n) is 3.75. The van der Waals surface area contributed by atoms with Crippen LogP contribution in [0, 0.1) is 0 Å². The summed E-state index contributed by atoms with van der Waals surface area (Å²) in [5, 5.41) is 3.15. The Labute approximate surface area is 94.6 Å². The quantitative estimate of drug-likeness (QED) is 0.774. The van der Waals surface area contributed by atoms with E-state index in [1.165, 1.54) is 12.7 Å². The molecule has 0 aliphatic carbocycles. The molecule has 1 fully saturated rings. The molecule has 1 aromatic rings. The highest BCUT2D eigenvalue weighted by molar-refractivity contribution is 5.60. The topological polar surface area (TPSA) is 47.6 Å². The fraction of sp³-hybridized carbons (Fsp3) is 0.417. The third-order valence-electron chi connectivity index (χ3n) is 2.78. The van der Waals surface area contributed by atoms with Gasteiger partial charge in [0.2, 0.25) is 0 Å². The average Bonchev–Trinajstić information content (AvgIpc) is 2.78. The predicted octanol–water partition coefficient (Wildman–Crippen LogP) is 1.87. The third kappa shape index (κ3) is 2.33. The second-order valence-corrected chi connectivity index (χ2v) is 3.75. The first kappa shape index (κ1) is 11.0. The molecule has 1 heterocycles. The molecule has 86 valence electrons. The molecule has 1 saturated heterocycles. The molecule has 1 aliphatic heterocycles. The Morgan fingerprint density at radius 2 is 2.12 bits per heavy atom. The van der Waals surface area contributed by atoms with E-state index in [4.69, 9.17) is 4.74 Å². The monoisotopic (exact) mass is 221 g/mol. The number of hydrogen-bond acceptors (Lipinski definition) is 4. The van der Waals surface area contributed by atoms with E-state index < -0.39 is 6.16 Å². The minimum absolute atomic E-state index is 0.209. The van der Waals surface area contributed by atoms with E-state index in [1.54, 1.807) is 0 Å². The second kappa shape index (κ2) is 4.99. The van der Waals surface area contributed by atoms with Crippen LogP contribution in [0.2, 0.25) is 0 Å². The lowest BCUT2D eigenvalue weighted by Crippen LogP contribution is -2.31. The van der Waals surface area contributed by atoms with Crippen molar-refractivity contribution in [3.63, 3.8) is 0 Å². The Hall–Kier alpha value is -1.55. The number of benzene rings is 1. The van der Waals surface area contributed by atoms with Crippen molar-refractivity contribution in [3.05, 3.63) is 35.9 Å². The summed E-state index contributed by atoms with van der Waals surface area (Å²) in [6, 6.07) is 10.0. The van der Waals surface area contributed by atoms with Crippen molar-refractivity contribution in [2.24, 2.45) is 0 Å². The molecule has 0 amide bonds. The van der Waals surface area contributed by atoms with Gasteiger partial charge in [-0.25, -0.2) is 4.79 Å². The van der Waals surface area contributed by atoms with Crippen LogP contribution in [0.25, 0.3) is 0 Å². The van der Waals surface area contributed by atoms with Gasteiger partial charge in [0.25, 0.3) is 0 Å². The van der Waals surface area contributed by atoms with Crippen LogP contribution in [-0.2, 0) is 9.47 Å². The van der Waals surface area contributed by atoms with Gasteiger partial charge in [0.1, 0.15) is 0 Å². The highest BCUT2D eigenvalue weighted by atomic mass is 16.7. The van der Waals surface area contributed by atoms with Gasteiger partial charge in [0.15, 0.2) is 6.23 Å². The smallest absolute Gasteiger partial charge is 0.438 e.